The summed E-state index contributed by atoms with van der Waals surface area (Å²) in [4.78, 5) is 12.2. The van der Waals surface area contributed by atoms with Gasteiger partial charge in [0.1, 0.15) is 10.6 Å². The van der Waals surface area contributed by atoms with Gasteiger partial charge in [-0.15, -0.1) is 0 Å². The molecule has 0 atom stereocenters. The second kappa shape index (κ2) is 4.72. The molecule has 0 aliphatic rings. The molecule has 0 fully saturated rings. The Bertz CT molecular complexity index is 807. The summed E-state index contributed by atoms with van der Waals surface area (Å²) in [6.07, 6.45) is 0. The Morgan fingerprint density at radius 2 is 1.68 bits per heavy atom. The van der Waals surface area contributed by atoms with Crippen LogP contribution in [0, 0.1) is 0 Å². The van der Waals surface area contributed by atoms with E-state index in [2.05, 4.69) is 0 Å². The Balaban J connectivity index is 2.38. The predicted molar refractivity (Wildman–Crippen MR) is 77.9 cm³/mol. The molecule has 19 heavy (non-hydrogen) atoms. The predicted octanol–water partition coefficient (Wildman–Crippen LogP) is 4.77. The minimum Gasteiger partial charge on any atom is -0.454 e. The number of hydrogen-bond donors (Lipinski definition) is 0. The van der Waals surface area contributed by atoms with E-state index in [1.165, 1.54) is 0 Å². The van der Waals surface area contributed by atoms with Gasteiger partial charge in [-0.2, -0.15) is 0 Å². The van der Waals surface area contributed by atoms with Gasteiger partial charge in [0.15, 0.2) is 5.76 Å². The number of fused-ring (bicyclic) bond motifs is 1. The van der Waals surface area contributed by atoms with Crippen LogP contribution in [-0.4, -0.2) is 0 Å². The summed E-state index contributed by atoms with van der Waals surface area (Å²) in [5.41, 5.74) is 0.936. The molecule has 0 aliphatic heterocycles. The fraction of sp³-hybridized carbons (Fsp3) is 0. The molecule has 0 spiro atoms. The average molecular weight is 291 g/mol. The highest BCUT2D eigenvalue weighted by Gasteiger charge is 2.14. The second-order valence-electron chi connectivity index (χ2n) is 4.08. The van der Waals surface area contributed by atoms with E-state index in [4.69, 9.17) is 27.6 Å². The van der Waals surface area contributed by atoms with Gasteiger partial charge >= 0.3 is 0 Å². The summed E-state index contributed by atoms with van der Waals surface area (Å²) in [5, 5.41) is 1.02. The van der Waals surface area contributed by atoms with Crippen LogP contribution in [0.3, 0.4) is 0 Å². The Morgan fingerprint density at radius 1 is 0.947 bits per heavy atom. The standard InChI is InChI=1S/C15H8Cl2O2/c16-10-6-7-11-12(8-10)19-15(13(17)14(11)18)9-4-2-1-3-5-9/h1-8H. The van der Waals surface area contributed by atoms with Crippen molar-refractivity contribution < 1.29 is 4.42 Å². The third-order valence-electron chi connectivity index (χ3n) is 2.83. The molecule has 0 radical (unpaired) electrons. The maximum absolute atomic E-state index is 12.2. The molecule has 0 amide bonds. The Kier molecular flexibility index (Phi) is 3.05. The molecule has 3 aromatic rings. The SMILES string of the molecule is O=c1c(Cl)c(-c2ccccc2)oc2cc(Cl)ccc12. The maximum Gasteiger partial charge on any atom is 0.211 e. The van der Waals surface area contributed by atoms with Crippen molar-refractivity contribution in [3.63, 3.8) is 0 Å². The first-order valence-electron chi connectivity index (χ1n) is 5.64. The van der Waals surface area contributed by atoms with Crippen molar-refractivity contribution in [2.24, 2.45) is 0 Å². The van der Waals surface area contributed by atoms with E-state index < -0.39 is 0 Å². The van der Waals surface area contributed by atoms with Crippen LogP contribution < -0.4 is 5.43 Å². The highest BCUT2D eigenvalue weighted by atomic mass is 35.5. The smallest absolute Gasteiger partial charge is 0.211 e. The number of halogens is 2. The zero-order valence-corrected chi connectivity index (χ0v) is 11.2. The van der Waals surface area contributed by atoms with E-state index in [9.17, 15) is 4.79 Å². The van der Waals surface area contributed by atoms with Crippen molar-refractivity contribution in [3.8, 4) is 11.3 Å². The van der Waals surface area contributed by atoms with Crippen molar-refractivity contribution >= 4 is 34.2 Å². The number of rotatable bonds is 1. The molecule has 0 saturated carbocycles. The van der Waals surface area contributed by atoms with Crippen molar-refractivity contribution in [2.45, 2.75) is 0 Å². The van der Waals surface area contributed by atoms with Crippen LogP contribution in [0.15, 0.2) is 57.7 Å². The first-order valence-corrected chi connectivity index (χ1v) is 6.39. The van der Waals surface area contributed by atoms with Crippen LogP contribution in [0.5, 0.6) is 0 Å². The highest BCUT2D eigenvalue weighted by molar-refractivity contribution is 6.33. The zero-order chi connectivity index (χ0) is 13.4. The zero-order valence-electron chi connectivity index (χ0n) is 9.69. The van der Waals surface area contributed by atoms with Gasteiger partial charge in [-0.25, -0.2) is 0 Å². The van der Waals surface area contributed by atoms with E-state index >= 15 is 0 Å². The average Bonchev–Trinajstić information content (AvgIpc) is 2.43. The van der Waals surface area contributed by atoms with Gasteiger partial charge in [-0.3, -0.25) is 4.79 Å². The third kappa shape index (κ3) is 2.14. The van der Waals surface area contributed by atoms with Crippen molar-refractivity contribution in [1.82, 2.24) is 0 Å². The number of benzene rings is 2. The van der Waals surface area contributed by atoms with Gasteiger partial charge in [-0.1, -0.05) is 53.5 Å². The molecule has 0 unspecified atom stereocenters. The van der Waals surface area contributed by atoms with Gasteiger partial charge in [0.2, 0.25) is 5.43 Å². The largest absolute Gasteiger partial charge is 0.454 e. The van der Waals surface area contributed by atoms with Crippen LogP contribution in [0.4, 0.5) is 0 Å². The topological polar surface area (TPSA) is 30.2 Å². The number of hydrogen-bond acceptors (Lipinski definition) is 2. The molecule has 94 valence electrons. The van der Waals surface area contributed by atoms with E-state index in [1.54, 1.807) is 18.2 Å². The van der Waals surface area contributed by atoms with E-state index in [0.29, 0.717) is 21.8 Å². The monoisotopic (exact) mass is 290 g/mol. The lowest BCUT2D eigenvalue weighted by atomic mass is 10.1. The van der Waals surface area contributed by atoms with E-state index in [-0.39, 0.29) is 10.5 Å². The van der Waals surface area contributed by atoms with Crippen LogP contribution in [0.1, 0.15) is 0 Å². The minimum atomic E-state index is -0.251. The lowest BCUT2D eigenvalue weighted by Crippen LogP contribution is -2.03. The van der Waals surface area contributed by atoms with Crippen molar-refractivity contribution in [1.29, 1.82) is 0 Å². The van der Waals surface area contributed by atoms with Gasteiger partial charge in [-0.05, 0) is 12.1 Å². The van der Waals surface area contributed by atoms with Crippen LogP contribution in [0.2, 0.25) is 10.0 Å². The molecule has 0 aliphatic carbocycles. The fourth-order valence-electron chi connectivity index (χ4n) is 1.92. The summed E-state index contributed by atoms with van der Waals surface area (Å²) in [6.45, 7) is 0. The lowest BCUT2D eigenvalue weighted by Gasteiger charge is -2.05. The van der Waals surface area contributed by atoms with Gasteiger partial charge < -0.3 is 4.42 Å². The molecule has 0 N–H and O–H groups in total. The Morgan fingerprint density at radius 3 is 2.42 bits per heavy atom. The fourth-order valence-corrected chi connectivity index (χ4v) is 2.33. The second-order valence-corrected chi connectivity index (χ2v) is 4.90. The van der Waals surface area contributed by atoms with Gasteiger partial charge in [0.05, 0.1) is 5.39 Å². The van der Waals surface area contributed by atoms with E-state index in [0.717, 1.165) is 5.56 Å². The maximum atomic E-state index is 12.2. The quantitative estimate of drug-likeness (QED) is 0.646. The van der Waals surface area contributed by atoms with Gasteiger partial charge in [0.25, 0.3) is 0 Å². The summed E-state index contributed by atoms with van der Waals surface area (Å²) in [5.74, 6) is 0.363. The molecule has 2 nitrogen and oxygen atoms in total. The van der Waals surface area contributed by atoms with Crippen LogP contribution >= 0.6 is 23.2 Å². The summed E-state index contributed by atoms with van der Waals surface area (Å²) in [7, 11) is 0. The first-order chi connectivity index (χ1) is 9.16. The minimum absolute atomic E-state index is 0.0843. The van der Waals surface area contributed by atoms with Crippen LogP contribution in [0.25, 0.3) is 22.3 Å². The third-order valence-corrected chi connectivity index (χ3v) is 3.41. The molecule has 4 heteroatoms. The molecule has 1 aromatic heterocycles. The molecule has 0 saturated heterocycles. The molecule has 1 heterocycles. The Labute approximate surface area is 119 Å². The van der Waals surface area contributed by atoms with Crippen molar-refractivity contribution in [3.05, 3.63) is 68.8 Å². The summed E-state index contributed by atoms with van der Waals surface area (Å²) in [6, 6.07) is 14.1. The van der Waals surface area contributed by atoms with Crippen molar-refractivity contribution in [2.75, 3.05) is 0 Å². The summed E-state index contributed by atoms with van der Waals surface area (Å²) >= 11 is 12.0. The normalized spacial score (nSPS) is 10.8. The van der Waals surface area contributed by atoms with Gasteiger partial charge in [0, 0.05) is 16.7 Å². The molecular weight excluding hydrogens is 283 g/mol. The molecule has 3 rings (SSSR count). The summed E-state index contributed by atoms with van der Waals surface area (Å²) < 4.78 is 5.72. The molecule has 2 aromatic carbocycles. The van der Waals surface area contributed by atoms with E-state index in [1.807, 2.05) is 30.3 Å². The molecular formula is C15H8Cl2O2. The highest BCUT2D eigenvalue weighted by Crippen LogP contribution is 2.29. The molecule has 0 bridgehead atoms. The lowest BCUT2D eigenvalue weighted by molar-refractivity contribution is 0.619. The Hall–Kier alpha value is -1.77. The first kappa shape index (κ1) is 12.3. The van der Waals surface area contributed by atoms with Crippen LogP contribution in [-0.2, 0) is 0 Å².